The van der Waals surface area contributed by atoms with Crippen LogP contribution in [0.5, 0.6) is 0 Å². The van der Waals surface area contributed by atoms with Crippen molar-refractivity contribution < 1.29 is 29.9 Å². The maximum atomic E-state index is 9.46. The maximum absolute atomic E-state index is 9.46. The summed E-state index contributed by atoms with van der Waals surface area (Å²) in [5.74, 6) is -0.943. The van der Waals surface area contributed by atoms with Gasteiger partial charge in [-0.3, -0.25) is 0 Å². The Morgan fingerprint density at radius 1 is 1.00 bits per heavy atom. The van der Waals surface area contributed by atoms with Gasteiger partial charge in [0.15, 0.2) is 5.79 Å². The fourth-order valence-electron chi connectivity index (χ4n) is 1.62. The quantitative estimate of drug-likeness (QED) is 0.448. The fourth-order valence-corrected chi connectivity index (χ4v) is 1.62. The Morgan fingerprint density at radius 2 is 1.33 bits per heavy atom. The van der Waals surface area contributed by atoms with Crippen LogP contribution in [0, 0.1) is 0 Å². The van der Waals surface area contributed by atoms with E-state index in [2.05, 4.69) is 0 Å². The molecule has 0 aromatic heterocycles. The lowest BCUT2D eigenvalue weighted by atomic mass is 10.0. The van der Waals surface area contributed by atoms with Crippen molar-refractivity contribution in [2.45, 2.75) is 44.1 Å². The Kier molecular flexibility index (Phi) is 4.05. The summed E-state index contributed by atoms with van der Waals surface area (Å²) in [6.45, 7) is 2.29. The molecule has 0 spiro atoms. The van der Waals surface area contributed by atoms with Crippen LogP contribution in [0.2, 0.25) is 0 Å². The summed E-state index contributed by atoms with van der Waals surface area (Å²) in [5, 5.41) is 36.5. The Morgan fingerprint density at radius 3 is 1.60 bits per heavy atom. The van der Waals surface area contributed by atoms with Crippen LogP contribution in [0.4, 0.5) is 0 Å². The van der Waals surface area contributed by atoms with Gasteiger partial charge in [0.05, 0.1) is 13.2 Å². The molecule has 0 unspecified atom stereocenters. The lowest BCUT2D eigenvalue weighted by Crippen LogP contribution is -2.45. The topological polar surface area (TPSA) is 99.4 Å². The molecule has 6 nitrogen and oxygen atoms in total. The van der Waals surface area contributed by atoms with Gasteiger partial charge in [-0.05, 0) is 13.8 Å². The second-order valence-electron chi connectivity index (χ2n) is 4.06. The van der Waals surface area contributed by atoms with Gasteiger partial charge in [-0.25, -0.2) is 0 Å². The summed E-state index contributed by atoms with van der Waals surface area (Å²) in [4.78, 5) is 0. The number of hydrogen-bond donors (Lipinski definition) is 4. The third-order valence-electron chi connectivity index (χ3n) is 2.30. The predicted octanol–water partition coefficient (Wildman–Crippen LogP) is -1.79. The van der Waals surface area contributed by atoms with E-state index < -0.39 is 43.4 Å². The highest BCUT2D eigenvalue weighted by Crippen LogP contribution is 2.31. The summed E-state index contributed by atoms with van der Waals surface area (Å²) in [6.07, 6.45) is -3.96. The fraction of sp³-hybridized carbons (Fsp3) is 1.00. The molecule has 0 saturated carbocycles. The minimum atomic E-state index is -1.14. The zero-order valence-corrected chi connectivity index (χ0v) is 8.83. The first-order chi connectivity index (χ1) is 6.91. The Bertz CT molecular complexity index is 187. The van der Waals surface area contributed by atoms with Crippen molar-refractivity contribution in [1.82, 2.24) is 0 Å². The molecule has 6 heteroatoms. The molecule has 4 atom stereocenters. The van der Waals surface area contributed by atoms with Crippen molar-refractivity contribution in [2.75, 3.05) is 13.2 Å². The molecule has 90 valence electrons. The first-order valence-corrected chi connectivity index (χ1v) is 4.85. The van der Waals surface area contributed by atoms with Crippen molar-refractivity contribution >= 4 is 0 Å². The number of aliphatic hydroxyl groups is 4. The highest BCUT2D eigenvalue weighted by atomic mass is 16.8. The van der Waals surface area contributed by atoms with Gasteiger partial charge < -0.3 is 29.9 Å². The van der Waals surface area contributed by atoms with E-state index in [-0.39, 0.29) is 0 Å². The van der Waals surface area contributed by atoms with Gasteiger partial charge in [0, 0.05) is 0 Å². The molecular formula is C9H18O6. The Hall–Kier alpha value is -0.240. The van der Waals surface area contributed by atoms with E-state index in [0.29, 0.717) is 0 Å². The molecular weight excluding hydrogens is 204 g/mol. The van der Waals surface area contributed by atoms with Crippen LogP contribution < -0.4 is 0 Å². The number of rotatable bonds is 4. The summed E-state index contributed by atoms with van der Waals surface area (Å²) in [7, 11) is 0. The van der Waals surface area contributed by atoms with Crippen molar-refractivity contribution in [1.29, 1.82) is 0 Å². The number of aliphatic hydroxyl groups excluding tert-OH is 4. The van der Waals surface area contributed by atoms with Crippen LogP contribution in [0.1, 0.15) is 13.8 Å². The van der Waals surface area contributed by atoms with E-state index in [1.807, 2.05) is 0 Å². The van der Waals surface area contributed by atoms with Crippen LogP contribution >= 0.6 is 0 Å². The van der Waals surface area contributed by atoms with Crippen molar-refractivity contribution in [3.63, 3.8) is 0 Å². The zero-order valence-electron chi connectivity index (χ0n) is 8.83. The second kappa shape index (κ2) is 4.73. The molecule has 4 N–H and O–H groups in total. The minimum Gasteiger partial charge on any atom is -0.394 e. The van der Waals surface area contributed by atoms with Gasteiger partial charge >= 0.3 is 0 Å². The average Bonchev–Trinajstić information content (AvgIpc) is 2.52. The monoisotopic (exact) mass is 222 g/mol. The zero-order chi connectivity index (χ0) is 11.6. The molecule has 1 saturated heterocycles. The van der Waals surface area contributed by atoms with Gasteiger partial charge in [0.2, 0.25) is 0 Å². The van der Waals surface area contributed by atoms with Crippen molar-refractivity contribution in [3.05, 3.63) is 0 Å². The lowest BCUT2D eigenvalue weighted by molar-refractivity contribution is -0.163. The molecule has 1 rings (SSSR count). The van der Waals surface area contributed by atoms with Crippen LogP contribution in [-0.2, 0) is 9.47 Å². The van der Waals surface area contributed by atoms with Crippen molar-refractivity contribution in [3.8, 4) is 0 Å². The van der Waals surface area contributed by atoms with Crippen LogP contribution in [0.25, 0.3) is 0 Å². The van der Waals surface area contributed by atoms with E-state index in [9.17, 15) is 10.2 Å². The van der Waals surface area contributed by atoms with Crippen LogP contribution in [0.3, 0.4) is 0 Å². The number of ether oxygens (including phenoxy) is 2. The molecule has 0 radical (unpaired) electrons. The Labute approximate surface area is 88.1 Å². The summed E-state index contributed by atoms with van der Waals surface area (Å²) in [6, 6.07) is 0. The van der Waals surface area contributed by atoms with Gasteiger partial charge in [-0.1, -0.05) is 0 Å². The molecule has 1 heterocycles. The average molecular weight is 222 g/mol. The van der Waals surface area contributed by atoms with Gasteiger partial charge in [0.1, 0.15) is 24.4 Å². The summed E-state index contributed by atoms with van der Waals surface area (Å²) < 4.78 is 10.7. The van der Waals surface area contributed by atoms with E-state index in [1.165, 1.54) is 0 Å². The first-order valence-electron chi connectivity index (χ1n) is 4.85. The molecule has 0 aliphatic carbocycles. The van der Waals surface area contributed by atoms with Crippen LogP contribution in [0.15, 0.2) is 0 Å². The molecule has 0 amide bonds. The molecule has 15 heavy (non-hydrogen) atoms. The molecule has 1 aliphatic heterocycles. The van der Waals surface area contributed by atoms with E-state index in [4.69, 9.17) is 19.7 Å². The smallest absolute Gasteiger partial charge is 0.164 e. The highest BCUT2D eigenvalue weighted by molar-refractivity contribution is 4.90. The molecule has 0 aromatic carbocycles. The second-order valence-corrected chi connectivity index (χ2v) is 4.06. The molecule has 0 bridgehead atoms. The standard InChI is InChI=1S/C9H18O6/c1-9(2)14-7(5(12)3-10)8(15-9)6(13)4-11/h5-8,10-13H,3-4H2,1-2H3/t5-,6-,7-,8-/m0/s1. The lowest BCUT2D eigenvalue weighted by Gasteiger charge is -2.23. The van der Waals surface area contributed by atoms with Crippen LogP contribution in [-0.4, -0.2) is 63.8 Å². The number of hydrogen-bond acceptors (Lipinski definition) is 6. The van der Waals surface area contributed by atoms with E-state index in [1.54, 1.807) is 13.8 Å². The maximum Gasteiger partial charge on any atom is 0.164 e. The van der Waals surface area contributed by atoms with E-state index in [0.717, 1.165) is 0 Å². The van der Waals surface area contributed by atoms with Crippen molar-refractivity contribution in [2.24, 2.45) is 0 Å². The van der Waals surface area contributed by atoms with E-state index >= 15 is 0 Å². The molecule has 1 aliphatic rings. The first kappa shape index (κ1) is 12.8. The van der Waals surface area contributed by atoms with Gasteiger partial charge in [-0.2, -0.15) is 0 Å². The highest BCUT2D eigenvalue weighted by Gasteiger charge is 2.47. The van der Waals surface area contributed by atoms with Gasteiger partial charge in [-0.15, -0.1) is 0 Å². The summed E-state index contributed by atoms with van der Waals surface area (Å²) in [5.41, 5.74) is 0. The summed E-state index contributed by atoms with van der Waals surface area (Å²) >= 11 is 0. The largest absolute Gasteiger partial charge is 0.394 e. The third kappa shape index (κ3) is 2.87. The Balaban J connectivity index is 2.74. The third-order valence-corrected chi connectivity index (χ3v) is 2.30. The van der Waals surface area contributed by atoms with Gasteiger partial charge in [0.25, 0.3) is 0 Å². The minimum absolute atomic E-state index is 0.487. The molecule has 1 fully saturated rings. The normalized spacial score (nSPS) is 34.0. The SMILES string of the molecule is CC1(C)O[C@@H]([C@@H](O)CO)[C@H]([C@@H](O)CO)O1. The predicted molar refractivity (Wildman–Crippen MR) is 50.0 cm³/mol. The molecule has 0 aromatic rings.